The molecule has 2 rings (SSSR count). The Balaban J connectivity index is 2.09. The fraction of sp³-hybridized carbons (Fsp3) is 0.429. The Labute approximate surface area is 110 Å². The maximum atomic E-state index is 13.9. The molecule has 0 unspecified atom stereocenters. The van der Waals surface area contributed by atoms with Crippen LogP contribution in [0.25, 0.3) is 0 Å². The highest BCUT2D eigenvalue weighted by Gasteiger charge is 2.28. The first kappa shape index (κ1) is 13.5. The van der Waals surface area contributed by atoms with E-state index in [4.69, 9.17) is 5.11 Å². The van der Waals surface area contributed by atoms with Crippen molar-refractivity contribution in [2.45, 2.75) is 19.8 Å². The topological polar surface area (TPSA) is 57.6 Å². The third-order valence-electron chi connectivity index (χ3n) is 3.55. The molecule has 5 heteroatoms. The molecule has 0 aliphatic carbocycles. The molecule has 1 aliphatic rings. The van der Waals surface area contributed by atoms with Crippen LogP contribution in [0.15, 0.2) is 18.2 Å². The fourth-order valence-electron chi connectivity index (χ4n) is 2.31. The lowest BCUT2D eigenvalue weighted by Gasteiger charge is -2.30. The van der Waals surface area contributed by atoms with Gasteiger partial charge in [-0.3, -0.25) is 9.59 Å². The van der Waals surface area contributed by atoms with Gasteiger partial charge < -0.3 is 10.0 Å². The van der Waals surface area contributed by atoms with E-state index in [2.05, 4.69) is 0 Å². The summed E-state index contributed by atoms with van der Waals surface area (Å²) in [6.45, 7) is 2.34. The summed E-state index contributed by atoms with van der Waals surface area (Å²) < 4.78 is 13.9. The number of carboxylic acids is 1. The number of amides is 1. The van der Waals surface area contributed by atoms with Gasteiger partial charge >= 0.3 is 5.97 Å². The Hall–Kier alpha value is -1.91. The van der Waals surface area contributed by atoms with E-state index in [1.54, 1.807) is 19.1 Å². The lowest BCUT2D eigenvalue weighted by atomic mass is 9.96. The van der Waals surface area contributed by atoms with Crippen LogP contribution in [0, 0.1) is 18.7 Å². The molecule has 0 bridgehead atoms. The van der Waals surface area contributed by atoms with Gasteiger partial charge in [0.25, 0.3) is 5.91 Å². The first-order valence-corrected chi connectivity index (χ1v) is 6.28. The number of likely N-dealkylation sites (tertiary alicyclic amines) is 1. The first-order valence-electron chi connectivity index (χ1n) is 6.28. The smallest absolute Gasteiger partial charge is 0.306 e. The van der Waals surface area contributed by atoms with Gasteiger partial charge in [-0.05, 0) is 31.4 Å². The molecule has 1 fully saturated rings. The number of aliphatic carboxylic acids is 1. The Kier molecular flexibility index (Phi) is 3.83. The van der Waals surface area contributed by atoms with Crippen LogP contribution in [0.1, 0.15) is 28.8 Å². The summed E-state index contributed by atoms with van der Waals surface area (Å²) in [4.78, 5) is 24.5. The highest BCUT2D eigenvalue weighted by atomic mass is 19.1. The number of benzene rings is 1. The van der Waals surface area contributed by atoms with Crippen LogP contribution in [0.4, 0.5) is 4.39 Å². The van der Waals surface area contributed by atoms with Crippen LogP contribution >= 0.6 is 0 Å². The number of nitrogens with zero attached hydrogens (tertiary/aromatic N) is 1. The highest BCUT2D eigenvalue weighted by molar-refractivity contribution is 5.94. The zero-order valence-electron chi connectivity index (χ0n) is 10.7. The van der Waals surface area contributed by atoms with Gasteiger partial charge in [0.15, 0.2) is 0 Å². The zero-order valence-corrected chi connectivity index (χ0v) is 10.7. The summed E-state index contributed by atoms with van der Waals surface area (Å²) in [5, 5.41) is 8.90. The molecule has 1 aromatic carbocycles. The summed E-state index contributed by atoms with van der Waals surface area (Å²) in [6.07, 6.45) is 0.850. The first-order chi connectivity index (χ1) is 9.00. The monoisotopic (exact) mass is 265 g/mol. The van der Waals surface area contributed by atoms with Crippen LogP contribution in [0.2, 0.25) is 0 Å². The Morgan fingerprint density at radius 3 is 2.53 bits per heavy atom. The van der Waals surface area contributed by atoms with E-state index in [1.165, 1.54) is 11.0 Å². The van der Waals surface area contributed by atoms with Crippen molar-refractivity contribution in [2.75, 3.05) is 13.1 Å². The average Bonchev–Trinajstić information content (AvgIpc) is 2.41. The predicted octanol–water partition coefficient (Wildman–Crippen LogP) is 2.07. The van der Waals surface area contributed by atoms with Crippen molar-refractivity contribution in [3.05, 3.63) is 35.1 Å². The molecule has 1 aliphatic heterocycles. The fourth-order valence-corrected chi connectivity index (χ4v) is 2.31. The number of carboxylic acid groups (broad SMARTS) is 1. The van der Waals surface area contributed by atoms with Crippen molar-refractivity contribution in [3.63, 3.8) is 0 Å². The van der Waals surface area contributed by atoms with Crippen molar-refractivity contribution in [1.29, 1.82) is 0 Å². The van der Waals surface area contributed by atoms with Gasteiger partial charge in [-0.2, -0.15) is 0 Å². The molecule has 102 valence electrons. The van der Waals surface area contributed by atoms with Crippen LogP contribution in [-0.2, 0) is 4.79 Å². The summed E-state index contributed by atoms with van der Waals surface area (Å²) >= 11 is 0. The summed E-state index contributed by atoms with van der Waals surface area (Å²) in [5.41, 5.74) is 0.500. The molecule has 19 heavy (non-hydrogen) atoms. The lowest BCUT2D eigenvalue weighted by Crippen LogP contribution is -2.40. The normalized spacial score (nSPS) is 16.4. The van der Waals surface area contributed by atoms with E-state index in [1.807, 2.05) is 0 Å². The van der Waals surface area contributed by atoms with Crippen molar-refractivity contribution < 1.29 is 19.1 Å². The van der Waals surface area contributed by atoms with Gasteiger partial charge in [0.05, 0.1) is 11.5 Å². The van der Waals surface area contributed by atoms with Crippen molar-refractivity contribution in [1.82, 2.24) is 4.90 Å². The molecule has 1 heterocycles. The molecule has 4 nitrogen and oxygen atoms in total. The van der Waals surface area contributed by atoms with Crippen LogP contribution < -0.4 is 0 Å². The summed E-state index contributed by atoms with van der Waals surface area (Å²) in [7, 11) is 0. The SMILES string of the molecule is Cc1cccc(C(=O)N2CCC(C(=O)O)CC2)c1F. The van der Waals surface area contributed by atoms with E-state index < -0.39 is 17.7 Å². The number of halogens is 1. The molecule has 1 N–H and O–H groups in total. The van der Waals surface area contributed by atoms with Crippen LogP contribution in [0.5, 0.6) is 0 Å². The second kappa shape index (κ2) is 5.38. The maximum Gasteiger partial charge on any atom is 0.306 e. The third kappa shape index (κ3) is 2.75. The number of piperidine rings is 1. The van der Waals surface area contributed by atoms with Gasteiger partial charge in [0.2, 0.25) is 0 Å². The minimum atomic E-state index is -0.825. The van der Waals surface area contributed by atoms with E-state index in [0.717, 1.165) is 0 Å². The Morgan fingerprint density at radius 1 is 1.32 bits per heavy atom. The Bertz CT molecular complexity index is 507. The third-order valence-corrected chi connectivity index (χ3v) is 3.55. The van der Waals surface area contributed by atoms with Crippen molar-refractivity contribution >= 4 is 11.9 Å². The number of hydrogen-bond acceptors (Lipinski definition) is 2. The van der Waals surface area contributed by atoms with Gasteiger partial charge in [0.1, 0.15) is 5.82 Å². The van der Waals surface area contributed by atoms with E-state index in [9.17, 15) is 14.0 Å². The minimum Gasteiger partial charge on any atom is -0.481 e. The molecule has 1 saturated heterocycles. The molecule has 0 aromatic heterocycles. The number of aryl methyl sites for hydroxylation is 1. The molecule has 1 aromatic rings. The molecule has 0 spiro atoms. The second-order valence-corrected chi connectivity index (χ2v) is 4.84. The lowest BCUT2D eigenvalue weighted by molar-refractivity contribution is -0.143. The number of hydrogen-bond donors (Lipinski definition) is 1. The number of rotatable bonds is 2. The van der Waals surface area contributed by atoms with Crippen LogP contribution in [0.3, 0.4) is 0 Å². The Morgan fingerprint density at radius 2 is 1.95 bits per heavy atom. The molecule has 0 saturated carbocycles. The standard InChI is InChI=1S/C14H16FNO3/c1-9-3-2-4-11(12(9)15)13(17)16-7-5-10(6-8-16)14(18)19/h2-4,10H,5-8H2,1H3,(H,18,19). The maximum absolute atomic E-state index is 13.9. The highest BCUT2D eigenvalue weighted by Crippen LogP contribution is 2.21. The minimum absolute atomic E-state index is 0.0637. The zero-order chi connectivity index (χ0) is 14.0. The molecular weight excluding hydrogens is 249 g/mol. The van der Waals surface area contributed by atoms with Gasteiger partial charge in [-0.1, -0.05) is 12.1 Å². The average molecular weight is 265 g/mol. The second-order valence-electron chi connectivity index (χ2n) is 4.84. The van der Waals surface area contributed by atoms with Crippen molar-refractivity contribution in [2.24, 2.45) is 5.92 Å². The quantitative estimate of drug-likeness (QED) is 0.890. The van der Waals surface area contributed by atoms with Gasteiger partial charge in [-0.25, -0.2) is 4.39 Å². The molecular formula is C14H16FNO3. The van der Waals surface area contributed by atoms with E-state index >= 15 is 0 Å². The predicted molar refractivity (Wildman–Crippen MR) is 67.4 cm³/mol. The largest absolute Gasteiger partial charge is 0.481 e. The van der Waals surface area contributed by atoms with Gasteiger partial charge in [0, 0.05) is 13.1 Å². The molecule has 0 radical (unpaired) electrons. The summed E-state index contributed by atoms with van der Waals surface area (Å²) in [5.74, 6) is -2.07. The molecule has 0 atom stereocenters. The molecule has 1 amide bonds. The number of carbonyl (C=O) groups is 2. The van der Waals surface area contributed by atoms with E-state index in [-0.39, 0.29) is 11.5 Å². The van der Waals surface area contributed by atoms with Crippen LogP contribution in [-0.4, -0.2) is 35.0 Å². The number of carbonyl (C=O) groups excluding carboxylic acids is 1. The van der Waals surface area contributed by atoms with Gasteiger partial charge in [-0.15, -0.1) is 0 Å². The van der Waals surface area contributed by atoms with Crippen molar-refractivity contribution in [3.8, 4) is 0 Å². The summed E-state index contributed by atoms with van der Waals surface area (Å²) in [6, 6.07) is 4.73. The van der Waals surface area contributed by atoms with E-state index in [0.29, 0.717) is 31.5 Å².